The maximum absolute atomic E-state index is 13.1. The van der Waals surface area contributed by atoms with Crippen molar-refractivity contribution >= 4 is 22.9 Å². The smallest absolute Gasteiger partial charge is 0.123 e. The second-order valence-corrected chi connectivity index (χ2v) is 5.97. The molecule has 0 saturated carbocycles. The van der Waals surface area contributed by atoms with Gasteiger partial charge in [-0.15, -0.1) is 11.3 Å². The zero-order valence-electron chi connectivity index (χ0n) is 9.28. The van der Waals surface area contributed by atoms with Crippen molar-refractivity contribution in [1.29, 1.82) is 0 Å². The monoisotopic (exact) mass is 270 g/mol. The topological polar surface area (TPSA) is 20.2 Å². The molecule has 0 amide bonds. The third kappa shape index (κ3) is 3.06. The van der Waals surface area contributed by atoms with Gasteiger partial charge in [-0.05, 0) is 36.8 Å². The number of halogens is 2. The molecule has 1 unspecified atom stereocenters. The molecule has 90 valence electrons. The van der Waals surface area contributed by atoms with Gasteiger partial charge in [-0.1, -0.05) is 23.7 Å². The third-order valence-corrected chi connectivity index (χ3v) is 3.82. The van der Waals surface area contributed by atoms with Gasteiger partial charge >= 0.3 is 0 Å². The maximum Gasteiger partial charge on any atom is 0.123 e. The fourth-order valence-electron chi connectivity index (χ4n) is 1.71. The molecule has 0 saturated heterocycles. The molecular formula is C13H12ClFOS. The van der Waals surface area contributed by atoms with E-state index in [4.69, 9.17) is 11.6 Å². The van der Waals surface area contributed by atoms with Gasteiger partial charge in [0.05, 0.1) is 9.94 Å². The molecule has 0 aliphatic carbocycles. The van der Waals surface area contributed by atoms with Crippen molar-refractivity contribution in [1.82, 2.24) is 0 Å². The maximum atomic E-state index is 13.1. The molecule has 0 aliphatic heterocycles. The summed E-state index contributed by atoms with van der Waals surface area (Å²) in [5, 5.41) is 10.4. The summed E-state index contributed by atoms with van der Waals surface area (Å²) in [6.07, 6.45) is 0.424. The van der Waals surface area contributed by atoms with Gasteiger partial charge in [0, 0.05) is 11.3 Å². The summed E-state index contributed by atoms with van der Waals surface area (Å²) < 4.78 is 13.8. The fourth-order valence-corrected chi connectivity index (χ4v) is 2.95. The van der Waals surface area contributed by atoms with Crippen molar-refractivity contribution in [3.05, 3.63) is 57.0 Å². The molecule has 0 radical (unpaired) electrons. The number of benzene rings is 1. The van der Waals surface area contributed by atoms with Crippen LogP contribution in [0.15, 0.2) is 36.4 Å². The highest BCUT2D eigenvalue weighted by Crippen LogP contribution is 2.30. The molecular weight excluding hydrogens is 259 g/mol. The van der Waals surface area contributed by atoms with E-state index in [1.54, 1.807) is 25.1 Å². The quantitative estimate of drug-likeness (QED) is 0.894. The van der Waals surface area contributed by atoms with E-state index < -0.39 is 5.60 Å². The van der Waals surface area contributed by atoms with Gasteiger partial charge in [-0.3, -0.25) is 0 Å². The summed E-state index contributed by atoms with van der Waals surface area (Å²) in [5.74, 6) is -0.341. The molecule has 0 spiro atoms. The lowest BCUT2D eigenvalue weighted by Gasteiger charge is -2.23. The summed E-state index contributed by atoms with van der Waals surface area (Å²) in [7, 11) is 0. The highest BCUT2D eigenvalue weighted by atomic mass is 35.5. The van der Waals surface area contributed by atoms with Crippen LogP contribution in [0.5, 0.6) is 0 Å². The minimum absolute atomic E-state index is 0.341. The molecule has 1 atom stereocenters. The molecule has 1 aromatic heterocycles. The van der Waals surface area contributed by atoms with Crippen molar-refractivity contribution < 1.29 is 9.50 Å². The van der Waals surface area contributed by atoms with Crippen LogP contribution < -0.4 is 0 Å². The number of hydrogen-bond acceptors (Lipinski definition) is 2. The van der Waals surface area contributed by atoms with E-state index in [-0.39, 0.29) is 5.82 Å². The second-order valence-electron chi connectivity index (χ2n) is 4.17. The molecule has 1 N–H and O–H groups in total. The SMILES string of the molecule is CC(O)(Cc1ccc(Cl)s1)c1cccc(F)c1. The minimum atomic E-state index is -1.09. The Kier molecular flexibility index (Phi) is 3.52. The van der Waals surface area contributed by atoms with E-state index >= 15 is 0 Å². The van der Waals surface area contributed by atoms with E-state index in [0.29, 0.717) is 16.3 Å². The molecule has 17 heavy (non-hydrogen) atoms. The van der Waals surface area contributed by atoms with Crippen LogP contribution in [-0.2, 0) is 12.0 Å². The molecule has 0 bridgehead atoms. The molecule has 0 fully saturated rings. The van der Waals surface area contributed by atoms with Gasteiger partial charge in [-0.2, -0.15) is 0 Å². The summed E-state index contributed by atoms with van der Waals surface area (Å²) in [6, 6.07) is 9.71. The number of thiophene rings is 1. The van der Waals surface area contributed by atoms with Crippen LogP contribution in [0.25, 0.3) is 0 Å². The standard InChI is InChI=1S/C13H12ClFOS/c1-13(16,8-11-5-6-12(14)17-11)9-3-2-4-10(15)7-9/h2-7,16H,8H2,1H3. The Morgan fingerprint density at radius 1 is 1.35 bits per heavy atom. The van der Waals surface area contributed by atoms with Crippen LogP contribution in [0.1, 0.15) is 17.4 Å². The van der Waals surface area contributed by atoms with Crippen LogP contribution in [-0.4, -0.2) is 5.11 Å². The second kappa shape index (κ2) is 4.77. The molecule has 1 heterocycles. The Hall–Kier alpha value is -0.900. The Morgan fingerprint density at radius 3 is 2.71 bits per heavy atom. The van der Waals surface area contributed by atoms with Crippen LogP contribution in [0, 0.1) is 5.82 Å². The van der Waals surface area contributed by atoms with E-state index in [9.17, 15) is 9.50 Å². The van der Waals surface area contributed by atoms with Crippen LogP contribution >= 0.6 is 22.9 Å². The Morgan fingerprint density at radius 2 is 2.12 bits per heavy atom. The van der Waals surface area contributed by atoms with Gasteiger partial charge in [0.1, 0.15) is 5.82 Å². The Balaban J connectivity index is 2.24. The first-order chi connectivity index (χ1) is 7.97. The third-order valence-electron chi connectivity index (χ3n) is 2.59. The van der Waals surface area contributed by atoms with Crippen molar-refractivity contribution in [2.45, 2.75) is 18.9 Å². The average Bonchev–Trinajstić information content (AvgIpc) is 2.63. The zero-order chi connectivity index (χ0) is 12.5. The highest BCUT2D eigenvalue weighted by Gasteiger charge is 2.24. The van der Waals surface area contributed by atoms with Crippen LogP contribution in [0.3, 0.4) is 0 Å². The van der Waals surface area contributed by atoms with Crippen molar-refractivity contribution in [2.24, 2.45) is 0 Å². The normalized spacial score (nSPS) is 14.6. The highest BCUT2D eigenvalue weighted by molar-refractivity contribution is 7.16. The van der Waals surface area contributed by atoms with E-state index in [0.717, 1.165) is 4.88 Å². The number of aliphatic hydroxyl groups is 1. The first-order valence-electron chi connectivity index (χ1n) is 5.20. The van der Waals surface area contributed by atoms with Gasteiger partial charge in [0.2, 0.25) is 0 Å². The largest absolute Gasteiger partial charge is 0.385 e. The van der Waals surface area contributed by atoms with Crippen LogP contribution in [0.4, 0.5) is 4.39 Å². The summed E-state index contributed by atoms with van der Waals surface area (Å²) in [4.78, 5) is 0.976. The van der Waals surface area contributed by atoms with Gasteiger partial charge < -0.3 is 5.11 Å². The van der Waals surface area contributed by atoms with E-state index in [1.807, 2.05) is 6.07 Å². The number of rotatable bonds is 3. The lowest BCUT2D eigenvalue weighted by atomic mass is 9.92. The molecule has 4 heteroatoms. The van der Waals surface area contributed by atoms with Crippen molar-refractivity contribution in [2.75, 3.05) is 0 Å². The first-order valence-corrected chi connectivity index (χ1v) is 6.39. The fraction of sp³-hybridized carbons (Fsp3) is 0.231. The molecule has 1 aromatic carbocycles. The summed E-state index contributed by atoms with van der Waals surface area (Å²) >= 11 is 7.26. The summed E-state index contributed by atoms with van der Waals surface area (Å²) in [5.41, 5.74) is -0.516. The molecule has 2 aromatic rings. The first kappa shape index (κ1) is 12.6. The molecule has 0 aliphatic rings. The van der Waals surface area contributed by atoms with Gasteiger partial charge in [-0.25, -0.2) is 4.39 Å². The van der Waals surface area contributed by atoms with Crippen molar-refractivity contribution in [3.63, 3.8) is 0 Å². The summed E-state index contributed by atoms with van der Waals surface area (Å²) in [6.45, 7) is 1.68. The van der Waals surface area contributed by atoms with Gasteiger partial charge in [0.15, 0.2) is 0 Å². The molecule has 1 nitrogen and oxygen atoms in total. The Bertz CT molecular complexity index is 522. The number of hydrogen-bond donors (Lipinski definition) is 1. The predicted molar refractivity (Wildman–Crippen MR) is 69.0 cm³/mol. The van der Waals surface area contributed by atoms with Crippen LogP contribution in [0.2, 0.25) is 4.34 Å². The zero-order valence-corrected chi connectivity index (χ0v) is 10.9. The van der Waals surface area contributed by atoms with E-state index in [1.165, 1.54) is 23.5 Å². The van der Waals surface area contributed by atoms with Crippen molar-refractivity contribution in [3.8, 4) is 0 Å². The predicted octanol–water partition coefficient (Wildman–Crippen LogP) is 3.99. The molecule has 2 rings (SSSR count). The van der Waals surface area contributed by atoms with Gasteiger partial charge in [0.25, 0.3) is 0 Å². The lowest BCUT2D eigenvalue weighted by molar-refractivity contribution is 0.0581. The minimum Gasteiger partial charge on any atom is -0.385 e. The average molecular weight is 271 g/mol. The lowest BCUT2D eigenvalue weighted by Crippen LogP contribution is -2.23. The van der Waals surface area contributed by atoms with E-state index in [2.05, 4.69) is 0 Å². The Labute approximate surface area is 108 Å².